The van der Waals surface area contributed by atoms with Crippen molar-refractivity contribution in [1.29, 1.82) is 0 Å². The van der Waals surface area contributed by atoms with Gasteiger partial charge in [-0.15, -0.1) is 0 Å². The molecule has 0 radical (unpaired) electrons. The van der Waals surface area contributed by atoms with E-state index in [1.807, 2.05) is 0 Å². The summed E-state index contributed by atoms with van der Waals surface area (Å²) in [5, 5.41) is 3.05. The average molecular weight is 304 g/mol. The highest BCUT2D eigenvalue weighted by molar-refractivity contribution is 9.10. The summed E-state index contributed by atoms with van der Waals surface area (Å²) >= 11 is 3.11. The van der Waals surface area contributed by atoms with Crippen molar-refractivity contribution >= 4 is 15.9 Å². The van der Waals surface area contributed by atoms with Gasteiger partial charge in [0.05, 0.1) is 4.47 Å². The van der Waals surface area contributed by atoms with Crippen LogP contribution in [0.5, 0.6) is 0 Å². The van der Waals surface area contributed by atoms with E-state index in [-0.39, 0.29) is 17.5 Å². The van der Waals surface area contributed by atoms with E-state index in [9.17, 15) is 8.78 Å². The van der Waals surface area contributed by atoms with Gasteiger partial charge in [-0.1, -0.05) is 6.92 Å². The minimum Gasteiger partial charge on any atom is -0.313 e. The largest absolute Gasteiger partial charge is 0.313 e. The lowest BCUT2D eigenvalue weighted by atomic mass is 9.90. The van der Waals surface area contributed by atoms with Gasteiger partial charge in [-0.05, 0) is 59.8 Å². The molecule has 17 heavy (non-hydrogen) atoms. The summed E-state index contributed by atoms with van der Waals surface area (Å²) in [5.74, 6) is -0.127. The molecule has 2 rings (SSSR count). The number of hydrogen-bond donors (Lipinski definition) is 1. The minimum atomic E-state index is -0.489. The second-order valence-electron chi connectivity index (χ2n) is 4.72. The summed E-state index contributed by atoms with van der Waals surface area (Å²) in [6, 6.07) is 2.45. The van der Waals surface area contributed by atoms with Crippen LogP contribution in [0.2, 0.25) is 0 Å². The molecule has 0 amide bonds. The van der Waals surface area contributed by atoms with Crippen molar-refractivity contribution in [3.05, 3.63) is 33.8 Å². The summed E-state index contributed by atoms with van der Waals surface area (Å²) in [5.41, 5.74) is 0.154. The maximum atomic E-state index is 14.0. The van der Waals surface area contributed by atoms with Crippen LogP contribution in [0, 0.1) is 23.5 Å². The fourth-order valence-corrected chi connectivity index (χ4v) is 2.74. The molecular formula is C13H16BrF2N. The zero-order valence-corrected chi connectivity index (χ0v) is 11.5. The van der Waals surface area contributed by atoms with Crippen molar-refractivity contribution in [3.63, 3.8) is 0 Å². The lowest BCUT2D eigenvalue weighted by Gasteiger charge is -2.25. The van der Waals surface area contributed by atoms with Gasteiger partial charge in [0.2, 0.25) is 0 Å². The van der Waals surface area contributed by atoms with Gasteiger partial charge >= 0.3 is 0 Å². The molecule has 2 unspecified atom stereocenters. The molecule has 1 saturated carbocycles. The fraction of sp³-hybridized carbons (Fsp3) is 0.538. The molecule has 1 aliphatic carbocycles. The highest BCUT2D eigenvalue weighted by Crippen LogP contribution is 2.43. The average Bonchev–Trinajstić information content (AvgIpc) is 3.13. The van der Waals surface area contributed by atoms with Crippen LogP contribution in [0.4, 0.5) is 8.78 Å². The summed E-state index contributed by atoms with van der Waals surface area (Å²) in [4.78, 5) is 0. The quantitative estimate of drug-likeness (QED) is 0.828. The number of rotatable bonds is 4. The number of halogens is 3. The topological polar surface area (TPSA) is 12.0 Å². The molecule has 1 N–H and O–H groups in total. The van der Waals surface area contributed by atoms with Crippen molar-refractivity contribution in [2.45, 2.75) is 25.8 Å². The van der Waals surface area contributed by atoms with E-state index in [1.165, 1.54) is 12.1 Å². The number of benzene rings is 1. The fourth-order valence-electron chi connectivity index (χ4n) is 2.39. The zero-order chi connectivity index (χ0) is 12.6. The maximum Gasteiger partial charge on any atom is 0.145 e. The van der Waals surface area contributed by atoms with Crippen LogP contribution in [-0.2, 0) is 0 Å². The van der Waals surface area contributed by atoms with Crippen LogP contribution in [0.25, 0.3) is 0 Å². The predicted octanol–water partition coefficient (Wildman–Crippen LogP) is 4.03. The van der Waals surface area contributed by atoms with Gasteiger partial charge in [-0.2, -0.15) is 0 Å². The van der Waals surface area contributed by atoms with Crippen LogP contribution in [0.15, 0.2) is 16.6 Å². The first-order chi connectivity index (χ1) is 8.06. The molecule has 0 bridgehead atoms. The molecule has 4 heteroatoms. The second kappa shape index (κ2) is 5.02. The summed E-state index contributed by atoms with van der Waals surface area (Å²) in [6.07, 6.45) is 2.33. The maximum absolute atomic E-state index is 14.0. The van der Waals surface area contributed by atoms with E-state index in [1.54, 1.807) is 7.05 Å². The van der Waals surface area contributed by atoms with Gasteiger partial charge in [0, 0.05) is 11.6 Å². The first-order valence-electron chi connectivity index (χ1n) is 5.87. The summed E-state index contributed by atoms with van der Waals surface area (Å²) in [6.45, 7) is 2.05. The molecule has 1 aromatic carbocycles. The van der Waals surface area contributed by atoms with Crippen molar-refractivity contribution in [2.24, 2.45) is 11.8 Å². The molecule has 0 aromatic heterocycles. The molecular weight excluding hydrogens is 288 g/mol. The van der Waals surface area contributed by atoms with Gasteiger partial charge in [0.1, 0.15) is 11.6 Å². The molecule has 1 aromatic rings. The normalized spacial score (nSPS) is 19.1. The monoisotopic (exact) mass is 303 g/mol. The first kappa shape index (κ1) is 13.0. The standard InChI is InChI=1S/C13H16BrF2N/c1-7(8-3-4-8)13(17-2)11-10(15)6-5-9(14)12(11)16/h5-8,13,17H,3-4H2,1-2H3. The molecule has 0 saturated heterocycles. The third kappa shape index (κ3) is 2.52. The van der Waals surface area contributed by atoms with Gasteiger partial charge in [-0.25, -0.2) is 8.78 Å². The third-order valence-electron chi connectivity index (χ3n) is 3.59. The molecule has 1 nitrogen and oxygen atoms in total. The van der Waals surface area contributed by atoms with E-state index in [0.29, 0.717) is 10.4 Å². The summed E-state index contributed by atoms with van der Waals surface area (Å²) in [7, 11) is 1.75. The SMILES string of the molecule is CNC(c1c(F)ccc(Br)c1F)C(C)C1CC1. The van der Waals surface area contributed by atoms with Gasteiger partial charge in [-0.3, -0.25) is 0 Å². The van der Waals surface area contributed by atoms with Crippen LogP contribution in [0.1, 0.15) is 31.4 Å². The van der Waals surface area contributed by atoms with E-state index < -0.39 is 11.6 Å². The Morgan fingerprint density at radius 1 is 1.35 bits per heavy atom. The molecule has 94 valence electrons. The van der Waals surface area contributed by atoms with Crippen LogP contribution < -0.4 is 5.32 Å². The van der Waals surface area contributed by atoms with E-state index in [2.05, 4.69) is 28.2 Å². The van der Waals surface area contributed by atoms with Crippen LogP contribution in [0.3, 0.4) is 0 Å². The first-order valence-corrected chi connectivity index (χ1v) is 6.66. The summed E-state index contributed by atoms with van der Waals surface area (Å²) < 4.78 is 28.1. The molecule has 0 spiro atoms. The van der Waals surface area contributed by atoms with Crippen LogP contribution in [-0.4, -0.2) is 7.05 Å². The Morgan fingerprint density at radius 3 is 2.53 bits per heavy atom. The third-order valence-corrected chi connectivity index (χ3v) is 4.21. The van der Waals surface area contributed by atoms with E-state index >= 15 is 0 Å². The van der Waals surface area contributed by atoms with Crippen molar-refractivity contribution in [3.8, 4) is 0 Å². The smallest absolute Gasteiger partial charge is 0.145 e. The Kier molecular flexibility index (Phi) is 3.83. The van der Waals surface area contributed by atoms with Gasteiger partial charge in [0.15, 0.2) is 0 Å². The van der Waals surface area contributed by atoms with Gasteiger partial charge in [0.25, 0.3) is 0 Å². The van der Waals surface area contributed by atoms with E-state index in [4.69, 9.17) is 0 Å². The second-order valence-corrected chi connectivity index (χ2v) is 5.57. The van der Waals surface area contributed by atoms with Gasteiger partial charge < -0.3 is 5.32 Å². The van der Waals surface area contributed by atoms with Crippen molar-refractivity contribution in [1.82, 2.24) is 5.32 Å². The zero-order valence-electron chi connectivity index (χ0n) is 9.93. The Balaban J connectivity index is 2.38. The Labute approximate surface area is 109 Å². The van der Waals surface area contributed by atoms with E-state index in [0.717, 1.165) is 12.8 Å². The Bertz CT molecular complexity index is 418. The molecule has 0 heterocycles. The van der Waals surface area contributed by atoms with Crippen molar-refractivity contribution < 1.29 is 8.78 Å². The predicted molar refractivity (Wildman–Crippen MR) is 67.7 cm³/mol. The molecule has 0 aliphatic heterocycles. The molecule has 2 atom stereocenters. The lowest BCUT2D eigenvalue weighted by molar-refractivity contribution is 0.346. The Hall–Kier alpha value is -0.480. The highest BCUT2D eigenvalue weighted by Gasteiger charge is 2.35. The molecule has 1 fully saturated rings. The highest BCUT2D eigenvalue weighted by atomic mass is 79.9. The lowest BCUT2D eigenvalue weighted by Crippen LogP contribution is -2.27. The van der Waals surface area contributed by atoms with Crippen LogP contribution >= 0.6 is 15.9 Å². The Morgan fingerprint density at radius 2 is 2.00 bits per heavy atom. The number of nitrogens with one attached hydrogen (secondary N) is 1. The number of hydrogen-bond acceptors (Lipinski definition) is 1. The van der Waals surface area contributed by atoms with Crippen molar-refractivity contribution in [2.75, 3.05) is 7.05 Å². The minimum absolute atomic E-state index is 0.154. The molecule has 1 aliphatic rings.